The number of hydrogen-bond acceptors (Lipinski definition) is 6. The van der Waals surface area contributed by atoms with Crippen molar-refractivity contribution < 1.29 is 24.2 Å². The van der Waals surface area contributed by atoms with Gasteiger partial charge in [0.05, 0.1) is 25.5 Å². The van der Waals surface area contributed by atoms with E-state index in [1.165, 1.54) is 14.0 Å². The normalized spacial score (nSPS) is 10.8. The van der Waals surface area contributed by atoms with Crippen molar-refractivity contribution >= 4 is 35.0 Å². The van der Waals surface area contributed by atoms with E-state index in [1.807, 2.05) is 42.0 Å². The third kappa shape index (κ3) is 9.42. The number of aliphatic carboxylic acids is 1. The number of aryl methyl sites for hydroxylation is 2. The molecular weight excluding hydrogens is 512 g/mol. The third-order valence-electron chi connectivity index (χ3n) is 6.47. The average molecular weight is 551 g/mol. The largest absolute Gasteiger partial charge is 0.494 e. The van der Waals surface area contributed by atoms with Gasteiger partial charge in [-0.15, -0.1) is 0 Å². The number of para-hydroxylation sites is 1. The molecule has 3 aromatic rings. The zero-order chi connectivity index (χ0) is 28.9. The van der Waals surface area contributed by atoms with Crippen LogP contribution in [0, 0.1) is 6.92 Å². The summed E-state index contributed by atoms with van der Waals surface area (Å²) in [6.07, 6.45) is 6.97. The highest BCUT2D eigenvalue weighted by Crippen LogP contribution is 2.30. The van der Waals surface area contributed by atoms with Gasteiger partial charge in [-0.3, -0.25) is 9.59 Å². The molecule has 3 N–H and O–H groups in total. The molecule has 11 nitrogen and oxygen atoms in total. The minimum atomic E-state index is -0.835. The fourth-order valence-electron chi connectivity index (χ4n) is 4.35. The van der Waals surface area contributed by atoms with Gasteiger partial charge < -0.3 is 34.8 Å². The van der Waals surface area contributed by atoms with Gasteiger partial charge in [-0.2, -0.15) is 0 Å². The summed E-state index contributed by atoms with van der Waals surface area (Å²) >= 11 is 0. The molecule has 1 aromatic heterocycles. The van der Waals surface area contributed by atoms with Crippen molar-refractivity contribution in [3.05, 3.63) is 66.7 Å². The van der Waals surface area contributed by atoms with Gasteiger partial charge in [0.25, 0.3) is 0 Å². The smallest absolute Gasteiger partial charge is 0.323 e. The number of imidazole rings is 1. The van der Waals surface area contributed by atoms with E-state index in [2.05, 4.69) is 20.5 Å². The molecule has 214 valence electrons. The van der Waals surface area contributed by atoms with Crippen LogP contribution in [0.3, 0.4) is 0 Å². The van der Waals surface area contributed by atoms with Gasteiger partial charge in [0.2, 0.25) is 5.91 Å². The number of aromatic nitrogens is 2. The first kappa shape index (κ1) is 30.2. The molecule has 1 heterocycles. The number of hydrogen-bond donors (Lipinski definition) is 3. The summed E-state index contributed by atoms with van der Waals surface area (Å²) in [6.45, 7) is 6.49. The standard InChI is InChI=1S/C29H38N6O5/c1-22-8-4-5-9-25(22)31-29(39)32-26-11-10-24(20-27(26)40-3)35(23(2)36)17-7-15-33(18-12-28(37)38)14-6-16-34-19-13-30-21-34/h4-5,8-11,13,19-21H,6-7,12,14-18H2,1-3H3,(H,37,38)(H2,31,32,39). The third-order valence-corrected chi connectivity index (χ3v) is 6.47. The molecule has 11 heteroatoms. The molecular formula is C29H38N6O5. The van der Waals surface area contributed by atoms with Crippen LogP contribution in [0.25, 0.3) is 0 Å². The molecule has 0 aliphatic carbocycles. The maximum absolute atomic E-state index is 12.6. The molecule has 0 saturated carbocycles. The maximum Gasteiger partial charge on any atom is 0.323 e. The molecule has 0 atom stereocenters. The number of carbonyl (C=O) groups is 3. The van der Waals surface area contributed by atoms with Crippen LogP contribution < -0.4 is 20.3 Å². The SMILES string of the molecule is COc1cc(N(CCCN(CCCn2ccnc2)CCC(=O)O)C(C)=O)ccc1NC(=O)Nc1ccccc1C. The summed E-state index contributed by atoms with van der Waals surface area (Å²) in [5, 5.41) is 14.8. The summed E-state index contributed by atoms with van der Waals surface area (Å²) in [6, 6.07) is 12.3. The Labute approximate surface area is 234 Å². The van der Waals surface area contributed by atoms with E-state index in [1.54, 1.807) is 35.6 Å². The average Bonchev–Trinajstić information content (AvgIpc) is 3.44. The molecule has 0 spiro atoms. The molecule has 0 aliphatic heterocycles. The van der Waals surface area contributed by atoms with Crippen LogP contribution in [-0.4, -0.2) is 70.8 Å². The van der Waals surface area contributed by atoms with E-state index in [9.17, 15) is 14.4 Å². The number of nitrogens with one attached hydrogen (secondary N) is 2. The quantitative estimate of drug-likeness (QED) is 0.255. The number of carbonyl (C=O) groups excluding carboxylic acids is 2. The van der Waals surface area contributed by atoms with Crippen LogP contribution in [0.1, 0.15) is 31.7 Å². The summed E-state index contributed by atoms with van der Waals surface area (Å²) in [4.78, 5) is 44.1. The van der Waals surface area contributed by atoms with E-state index in [4.69, 9.17) is 9.84 Å². The highest BCUT2D eigenvalue weighted by atomic mass is 16.5. The first-order chi connectivity index (χ1) is 19.3. The molecule has 3 rings (SSSR count). The van der Waals surface area contributed by atoms with Crippen molar-refractivity contribution in [2.75, 3.05) is 48.8 Å². The van der Waals surface area contributed by atoms with Crippen LogP contribution in [0.2, 0.25) is 0 Å². The molecule has 2 aromatic carbocycles. The van der Waals surface area contributed by atoms with E-state index >= 15 is 0 Å². The van der Waals surface area contributed by atoms with Crippen molar-refractivity contribution in [1.82, 2.24) is 14.5 Å². The number of amides is 3. The number of ether oxygens (including phenoxy) is 1. The summed E-state index contributed by atoms with van der Waals surface area (Å²) in [7, 11) is 1.51. The Hall–Kier alpha value is -4.38. The van der Waals surface area contributed by atoms with Crippen LogP contribution in [-0.2, 0) is 16.1 Å². The van der Waals surface area contributed by atoms with Gasteiger partial charge in [-0.25, -0.2) is 9.78 Å². The lowest BCUT2D eigenvalue weighted by molar-refractivity contribution is -0.137. The first-order valence-electron chi connectivity index (χ1n) is 13.3. The minimum Gasteiger partial charge on any atom is -0.494 e. The van der Waals surface area contributed by atoms with Gasteiger partial charge in [-0.05, 0) is 56.6 Å². The lowest BCUT2D eigenvalue weighted by Gasteiger charge is -2.26. The Morgan fingerprint density at radius 3 is 2.42 bits per heavy atom. The summed E-state index contributed by atoms with van der Waals surface area (Å²) < 4.78 is 7.50. The number of benzene rings is 2. The molecule has 0 fully saturated rings. The highest BCUT2D eigenvalue weighted by molar-refractivity contribution is 6.01. The number of methoxy groups -OCH3 is 1. The van der Waals surface area contributed by atoms with Crippen molar-refractivity contribution in [3.63, 3.8) is 0 Å². The van der Waals surface area contributed by atoms with Gasteiger partial charge >= 0.3 is 12.0 Å². The highest BCUT2D eigenvalue weighted by Gasteiger charge is 2.17. The predicted molar refractivity (Wildman–Crippen MR) is 155 cm³/mol. The minimum absolute atomic E-state index is 0.0601. The lowest BCUT2D eigenvalue weighted by atomic mass is 10.2. The molecule has 0 radical (unpaired) electrons. The number of urea groups is 1. The molecule has 0 bridgehead atoms. The van der Waals surface area contributed by atoms with Gasteiger partial charge in [0, 0.05) is 56.4 Å². The van der Waals surface area contributed by atoms with Crippen molar-refractivity contribution in [3.8, 4) is 5.75 Å². The van der Waals surface area contributed by atoms with Crippen molar-refractivity contribution in [2.45, 2.75) is 39.7 Å². The van der Waals surface area contributed by atoms with Crippen molar-refractivity contribution in [2.24, 2.45) is 0 Å². The number of carboxylic acids is 1. The Bertz CT molecular complexity index is 1260. The zero-order valence-corrected chi connectivity index (χ0v) is 23.3. The fraction of sp³-hybridized carbons (Fsp3) is 0.379. The maximum atomic E-state index is 12.6. The molecule has 3 amide bonds. The van der Waals surface area contributed by atoms with E-state index in [-0.39, 0.29) is 12.3 Å². The number of carboxylic acid groups (broad SMARTS) is 1. The molecule has 0 aliphatic rings. The zero-order valence-electron chi connectivity index (χ0n) is 23.3. The van der Waals surface area contributed by atoms with Gasteiger partial charge in [-0.1, -0.05) is 18.2 Å². The first-order valence-corrected chi connectivity index (χ1v) is 13.3. The van der Waals surface area contributed by atoms with Crippen LogP contribution in [0.4, 0.5) is 21.9 Å². The monoisotopic (exact) mass is 550 g/mol. The van der Waals surface area contributed by atoms with E-state index in [0.717, 1.165) is 25.1 Å². The van der Waals surface area contributed by atoms with Gasteiger partial charge in [0.15, 0.2) is 0 Å². The summed E-state index contributed by atoms with van der Waals surface area (Å²) in [5.74, 6) is -0.540. The molecule has 40 heavy (non-hydrogen) atoms. The van der Waals surface area contributed by atoms with Crippen LogP contribution in [0.5, 0.6) is 5.75 Å². The number of rotatable bonds is 15. The Kier molecular flexibility index (Phi) is 11.5. The number of anilines is 3. The molecule has 0 unspecified atom stereocenters. The fourth-order valence-corrected chi connectivity index (χ4v) is 4.35. The topological polar surface area (TPSA) is 129 Å². The van der Waals surface area contributed by atoms with Crippen LogP contribution >= 0.6 is 0 Å². The number of nitrogens with zero attached hydrogens (tertiary/aromatic N) is 4. The Morgan fingerprint density at radius 1 is 1.00 bits per heavy atom. The second kappa shape index (κ2) is 15.3. The van der Waals surface area contributed by atoms with Gasteiger partial charge in [0.1, 0.15) is 5.75 Å². The Morgan fingerprint density at radius 2 is 1.75 bits per heavy atom. The predicted octanol–water partition coefficient (Wildman–Crippen LogP) is 4.45. The van der Waals surface area contributed by atoms with E-state index < -0.39 is 12.0 Å². The van der Waals surface area contributed by atoms with Crippen molar-refractivity contribution in [1.29, 1.82) is 0 Å². The second-order valence-corrected chi connectivity index (χ2v) is 9.44. The summed E-state index contributed by atoms with van der Waals surface area (Å²) in [5.41, 5.74) is 2.76. The second-order valence-electron chi connectivity index (χ2n) is 9.44. The van der Waals surface area contributed by atoms with Crippen LogP contribution in [0.15, 0.2) is 61.2 Å². The molecule has 0 saturated heterocycles. The lowest BCUT2D eigenvalue weighted by Crippen LogP contribution is -2.34. The Balaban J connectivity index is 1.60. The van der Waals surface area contributed by atoms with E-state index in [0.29, 0.717) is 48.9 Å².